The maximum absolute atomic E-state index is 5.71. The number of halogens is 1. The predicted octanol–water partition coefficient (Wildman–Crippen LogP) is 3.92. The van der Waals surface area contributed by atoms with Gasteiger partial charge in [-0.2, -0.15) is 0 Å². The molecule has 0 aromatic heterocycles. The fraction of sp³-hybridized carbons (Fsp3) is 0.200. The molecule has 0 radical (unpaired) electrons. The maximum Gasteiger partial charge on any atom is 0.120 e. The molecule has 0 aliphatic carbocycles. The molecule has 0 saturated heterocycles. The number of hydrogen-bond donors (Lipinski definition) is 0. The van der Waals surface area contributed by atoms with Crippen LogP contribution in [0.15, 0.2) is 48.5 Å². The fourth-order valence-corrected chi connectivity index (χ4v) is 2.15. The Balaban J connectivity index is 1.84. The van der Waals surface area contributed by atoms with Crippen molar-refractivity contribution in [3.8, 4) is 11.5 Å². The standard InChI is InChI=1S/C15H15IO2/c1-17-14-7-5-12(6-8-14)9-10-18-15-4-2-3-13(16)11-15/h2-8,11H,9-10H2,1H3. The van der Waals surface area contributed by atoms with E-state index in [-0.39, 0.29) is 0 Å². The maximum atomic E-state index is 5.71. The van der Waals surface area contributed by atoms with E-state index in [1.54, 1.807) is 7.11 Å². The Hall–Kier alpha value is -1.23. The minimum absolute atomic E-state index is 0.687. The monoisotopic (exact) mass is 354 g/mol. The summed E-state index contributed by atoms with van der Waals surface area (Å²) in [5.74, 6) is 1.81. The molecule has 2 aromatic carbocycles. The highest BCUT2D eigenvalue weighted by Gasteiger charge is 1.97. The third-order valence-electron chi connectivity index (χ3n) is 2.61. The van der Waals surface area contributed by atoms with Crippen LogP contribution in [0.25, 0.3) is 0 Å². The molecule has 0 unspecified atom stereocenters. The van der Waals surface area contributed by atoms with Gasteiger partial charge in [-0.1, -0.05) is 18.2 Å². The highest BCUT2D eigenvalue weighted by atomic mass is 127. The van der Waals surface area contributed by atoms with Crippen molar-refractivity contribution in [3.05, 3.63) is 57.7 Å². The van der Waals surface area contributed by atoms with Gasteiger partial charge in [0.15, 0.2) is 0 Å². The van der Waals surface area contributed by atoms with Gasteiger partial charge in [0, 0.05) is 9.99 Å². The first-order valence-electron chi connectivity index (χ1n) is 5.79. The second-order valence-corrected chi connectivity index (χ2v) is 5.15. The summed E-state index contributed by atoms with van der Waals surface area (Å²) in [6, 6.07) is 16.2. The van der Waals surface area contributed by atoms with Gasteiger partial charge in [0.05, 0.1) is 13.7 Å². The molecule has 94 valence electrons. The van der Waals surface area contributed by atoms with E-state index < -0.39 is 0 Å². The molecule has 0 aliphatic rings. The van der Waals surface area contributed by atoms with Gasteiger partial charge in [0.25, 0.3) is 0 Å². The Bertz CT molecular complexity index is 494. The number of methoxy groups -OCH3 is 1. The minimum Gasteiger partial charge on any atom is -0.497 e. The molecule has 2 nitrogen and oxygen atoms in total. The summed E-state index contributed by atoms with van der Waals surface area (Å²) >= 11 is 2.28. The average Bonchev–Trinajstić information content (AvgIpc) is 2.40. The summed E-state index contributed by atoms with van der Waals surface area (Å²) in [7, 11) is 1.68. The largest absolute Gasteiger partial charge is 0.497 e. The molecule has 0 amide bonds. The van der Waals surface area contributed by atoms with Crippen molar-refractivity contribution >= 4 is 22.6 Å². The summed E-state index contributed by atoms with van der Waals surface area (Å²) in [5.41, 5.74) is 1.25. The lowest BCUT2D eigenvalue weighted by atomic mass is 10.1. The van der Waals surface area contributed by atoms with E-state index in [1.165, 1.54) is 9.13 Å². The van der Waals surface area contributed by atoms with Crippen LogP contribution in [-0.2, 0) is 6.42 Å². The van der Waals surface area contributed by atoms with E-state index in [4.69, 9.17) is 9.47 Å². The molecule has 3 heteroatoms. The molecular weight excluding hydrogens is 339 g/mol. The Labute approximate surface area is 121 Å². The summed E-state index contributed by atoms with van der Waals surface area (Å²) in [6.45, 7) is 0.687. The van der Waals surface area contributed by atoms with Crippen LogP contribution in [0.3, 0.4) is 0 Å². The molecule has 2 rings (SSSR count). The Morgan fingerprint density at radius 2 is 1.78 bits per heavy atom. The van der Waals surface area contributed by atoms with Crippen molar-refractivity contribution in [2.45, 2.75) is 6.42 Å². The molecule has 0 atom stereocenters. The first-order chi connectivity index (χ1) is 8.78. The molecule has 18 heavy (non-hydrogen) atoms. The molecule has 0 fully saturated rings. The fourth-order valence-electron chi connectivity index (χ4n) is 1.64. The van der Waals surface area contributed by atoms with Crippen LogP contribution in [0.1, 0.15) is 5.56 Å². The van der Waals surface area contributed by atoms with E-state index in [2.05, 4.69) is 40.8 Å². The molecular formula is C15H15IO2. The van der Waals surface area contributed by atoms with Gasteiger partial charge in [-0.05, 0) is 58.5 Å². The van der Waals surface area contributed by atoms with Gasteiger partial charge >= 0.3 is 0 Å². The number of hydrogen-bond acceptors (Lipinski definition) is 2. The van der Waals surface area contributed by atoms with Crippen molar-refractivity contribution in [1.29, 1.82) is 0 Å². The predicted molar refractivity (Wildman–Crippen MR) is 81.4 cm³/mol. The van der Waals surface area contributed by atoms with Gasteiger partial charge in [-0.3, -0.25) is 0 Å². The molecule has 0 aliphatic heterocycles. The third-order valence-corrected chi connectivity index (χ3v) is 3.29. The summed E-state index contributed by atoms with van der Waals surface area (Å²) in [4.78, 5) is 0. The SMILES string of the molecule is COc1ccc(CCOc2cccc(I)c2)cc1. The van der Waals surface area contributed by atoms with E-state index in [1.807, 2.05) is 30.3 Å². The first kappa shape index (κ1) is 13.2. The molecule has 0 spiro atoms. The van der Waals surface area contributed by atoms with E-state index in [0.29, 0.717) is 6.61 Å². The highest BCUT2D eigenvalue weighted by Crippen LogP contribution is 2.16. The van der Waals surface area contributed by atoms with E-state index >= 15 is 0 Å². The summed E-state index contributed by atoms with van der Waals surface area (Å²) in [6.07, 6.45) is 0.898. The zero-order valence-electron chi connectivity index (χ0n) is 10.2. The van der Waals surface area contributed by atoms with Gasteiger partial charge < -0.3 is 9.47 Å². The van der Waals surface area contributed by atoms with Crippen LogP contribution in [0, 0.1) is 3.57 Å². The first-order valence-corrected chi connectivity index (χ1v) is 6.87. The van der Waals surface area contributed by atoms with Crippen molar-refractivity contribution in [2.75, 3.05) is 13.7 Å². The molecule has 0 bridgehead atoms. The molecule has 2 aromatic rings. The average molecular weight is 354 g/mol. The number of benzene rings is 2. The normalized spacial score (nSPS) is 10.1. The zero-order chi connectivity index (χ0) is 12.8. The van der Waals surface area contributed by atoms with Gasteiger partial charge in [-0.25, -0.2) is 0 Å². The minimum atomic E-state index is 0.687. The lowest BCUT2D eigenvalue weighted by molar-refractivity contribution is 0.321. The van der Waals surface area contributed by atoms with Crippen LogP contribution in [0.2, 0.25) is 0 Å². The second-order valence-electron chi connectivity index (χ2n) is 3.90. The second kappa shape index (κ2) is 6.64. The van der Waals surface area contributed by atoms with Crippen molar-refractivity contribution in [2.24, 2.45) is 0 Å². The van der Waals surface area contributed by atoms with E-state index in [9.17, 15) is 0 Å². The van der Waals surface area contributed by atoms with Crippen LogP contribution in [0.4, 0.5) is 0 Å². The zero-order valence-corrected chi connectivity index (χ0v) is 12.4. The lowest BCUT2D eigenvalue weighted by Gasteiger charge is -2.07. The van der Waals surface area contributed by atoms with Crippen LogP contribution in [0.5, 0.6) is 11.5 Å². The quantitative estimate of drug-likeness (QED) is 0.758. The summed E-state index contributed by atoms with van der Waals surface area (Å²) in [5, 5.41) is 0. The van der Waals surface area contributed by atoms with Crippen LogP contribution < -0.4 is 9.47 Å². The Morgan fingerprint density at radius 1 is 1.00 bits per heavy atom. The number of rotatable bonds is 5. The summed E-state index contributed by atoms with van der Waals surface area (Å²) < 4.78 is 12.0. The van der Waals surface area contributed by atoms with E-state index in [0.717, 1.165) is 17.9 Å². The molecule has 0 saturated carbocycles. The topological polar surface area (TPSA) is 18.5 Å². The van der Waals surface area contributed by atoms with Crippen LogP contribution >= 0.6 is 22.6 Å². The number of ether oxygens (including phenoxy) is 2. The molecule has 0 N–H and O–H groups in total. The Kier molecular flexibility index (Phi) is 4.87. The van der Waals surface area contributed by atoms with Crippen LogP contribution in [-0.4, -0.2) is 13.7 Å². The lowest BCUT2D eigenvalue weighted by Crippen LogP contribution is -2.01. The van der Waals surface area contributed by atoms with Crippen molar-refractivity contribution in [3.63, 3.8) is 0 Å². The van der Waals surface area contributed by atoms with Gasteiger partial charge in [0.1, 0.15) is 11.5 Å². The highest BCUT2D eigenvalue weighted by molar-refractivity contribution is 14.1. The van der Waals surface area contributed by atoms with Gasteiger partial charge in [-0.15, -0.1) is 0 Å². The van der Waals surface area contributed by atoms with Crippen molar-refractivity contribution < 1.29 is 9.47 Å². The Morgan fingerprint density at radius 3 is 2.44 bits per heavy atom. The smallest absolute Gasteiger partial charge is 0.120 e. The molecule has 0 heterocycles. The van der Waals surface area contributed by atoms with Crippen molar-refractivity contribution in [1.82, 2.24) is 0 Å². The third kappa shape index (κ3) is 3.91. The van der Waals surface area contributed by atoms with Gasteiger partial charge in [0.2, 0.25) is 0 Å².